The van der Waals surface area contributed by atoms with E-state index in [1.807, 2.05) is 65.8 Å². The number of esters is 1. The number of amides is 2. The summed E-state index contributed by atoms with van der Waals surface area (Å²) in [7, 11) is 1.59. The average molecular weight is 675 g/mol. The van der Waals surface area contributed by atoms with Gasteiger partial charge in [-0.15, -0.1) is 12.3 Å². The van der Waals surface area contributed by atoms with Gasteiger partial charge in [0.1, 0.15) is 35.7 Å². The first-order valence-corrected chi connectivity index (χ1v) is 17.4. The summed E-state index contributed by atoms with van der Waals surface area (Å²) in [6, 6.07) is 3.52. The standard InChI is InChI=1S/C38H50N4O7/c1-9-24-15-18-30-26(24)13-11-10-12-14-28-34(40-29-19-25(46-8)16-17-27(29)39-28)48-31-20-42(32(23(31)4)36(44)47-21-22(2)3)35(43)33(38(5,6)7)41-37(45)49-30/h1,12,14,16-17,19,22-24,26,30-33H,10-11,13,15,18,20-21H2,2-8H3,(H,41,45)/b14-12+/t23-,24+,26-,30-,31+,32+,33-/m1/s1. The van der Waals surface area contributed by atoms with E-state index in [2.05, 4.69) is 11.2 Å². The SMILES string of the molecule is C#C[C@H]1CC[C@H]2OC(=O)N[C@@H](C(C)(C)C)C(=O)N3C[C@H](Oc4nc5cc(OC)ccc5nc4/C=C/CCC[C@H]12)[C@@H](C)[C@H]3C(=O)OCC(C)C. The maximum absolute atomic E-state index is 14.5. The van der Waals surface area contributed by atoms with Crippen LogP contribution in [0.3, 0.4) is 0 Å². The number of benzene rings is 1. The molecule has 2 bridgehead atoms. The van der Waals surface area contributed by atoms with Crippen molar-refractivity contribution in [2.24, 2.45) is 29.1 Å². The Labute approximate surface area is 289 Å². The molecular weight excluding hydrogens is 624 g/mol. The predicted octanol–water partition coefficient (Wildman–Crippen LogP) is 5.80. The van der Waals surface area contributed by atoms with E-state index < -0.39 is 47.5 Å². The van der Waals surface area contributed by atoms with Gasteiger partial charge in [-0.2, -0.15) is 0 Å². The third-order valence-electron chi connectivity index (χ3n) is 9.80. The van der Waals surface area contributed by atoms with E-state index in [-0.39, 0.29) is 42.9 Å². The topological polar surface area (TPSA) is 129 Å². The zero-order valence-corrected chi connectivity index (χ0v) is 29.7. The van der Waals surface area contributed by atoms with Gasteiger partial charge in [0, 0.05) is 23.8 Å². The molecule has 0 spiro atoms. The smallest absolute Gasteiger partial charge is 0.408 e. The Hall–Kier alpha value is -4.33. The Bertz CT molecular complexity index is 1610. The molecule has 1 saturated heterocycles. The van der Waals surface area contributed by atoms with E-state index >= 15 is 0 Å². The maximum Gasteiger partial charge on any atom is 0.408 e. The van der Waals surface area contributed by atoms with E-state index in [1.165, 1.54) is 4.90 Å². The lowest BCUT2D eigenvalue weighted by atomic mass is 9.85. The minimum Gasteiger partial charge on any atom is -0.497 e. The summed E-state index contributed by atoms with van der Waals surface area (Å²) in [5.41, 5.74) is 1.08. The molecule has 2 amide bonds. The lowest BCUT2D eigenvalue weighted by Crippen LogP contribution is -2.57. The number of aromatic nitrogens is 2. The second-order valence-corrected chi connectivity index (χ2v) is 15.0. The molecule has 11 nitrogen and oxygen atoms in total. The molecule has 0 unspecified atom stereocenters. The fourth-order valence-corrected chi connectivity index (χ4v) is 7.05. The Morgan fingerprint density at radius 3 is 2.59 bits per heavy atom. The molecule has 3 aliphatic rings. The monoisotopic (exact) mass is 674 g/mol. The van der Waals surface area contributed by atoms with E-state index in [0.717, 1.165) is 25.7 Å². The van der Waals surface area contributed by atoms with Gasteiger partial charge < -0.3 is 29.2 Å². The number of nitrogens with one attached hydrogen (secondary N) is 1. The van der Waals surface area contributed by atoms with Crippen LogP contribution in [0.5, 0.6) is 11.6 Å². The van der Waals surface area contributed by atoms with Crippen LogP contribution in [-0.4, -0.2) is 77.4 Å². The second kappa shape index (κ2) is 15.1. The average Bonchev–Trinajstić information content (AvgIpc) is 3.59. The van der Waals surface area contributed by atoms with Gasteiger partial charge in [0.2, 0.25) is 11.8 Å². The number of methoxy groups -OCH3 is 1. The highest BCUT2D eigenvalue weighted by Gasteiger charge is 2.51. The minimum atomic E-state index is -1.00. The number of alkyl carbamates (subject to hydrolysis) is 1. The molecule has 1 saturated carbocycles. The first-order valence-electron chi connectivity index (χ1n) is 17.4. The quantitative estimate of drug-likeness (QED) is 0.316. The van der Waals surface area contributed by atoms with E-state index in [9.17, 15) is 14.4 Å². The van der Waals surface area contributed by atoms with Crippen LogP contribution in [0.4, 0.5) is 4.79 Å². The van der Waals surface area contributed by atoms with Crippen LogP contribution in [0.2, 0.25) is 0 Å². The van der Waals surface area contributed by atoms with Crippen molar-refractivity contribution in [2.45, 2.75) is 97.9 Å². The van der Waals surface area contributed by atoms with Crippen molar-refractivity contribution in [1.82, 2.24) is 20.2 Å². The molecule has 2 fully saturated rings. The summed E-state index contributed by atoms with van der Waals surface area (Å²) in [6.07, 6.45) is 11.9. The number of hydrogen-bond donors (Lipinski definition) is 1. The Balaban J connectivity index is 1.57. The number of nitrogens with zero attached hydrogens (tertiary/aromatic N) is 3. The Kier molecular flexibility index (Phi) is 11.1. The van der Waals surface area contributed by atoms with E-state index in [4.69, 9.17) is 35.3 Å². The summed E-state index contributed by atoms with van der Waals surface area (Å²) in [6.45, 7) is 11.6. The fourth-order valence-electron chi connectivity index (χ4n) is 7.05. The highest BCUT2D eigenvalue weighted by molar-refractivity contribution is 5.91. The highest BCUT2D eigenvalue weighted by atomic mass is 16.6. The number of fused-ring (bicyclic) bond motifs is 5. The molecular formula is C38H50N4O7. The molecule has 49 heavy (non-hydrogen) atoms. The number of rotatable bonds is 4. The third kappa shape index (κ3) is 8.11. The highest BCUT2D eigenvalue weighted by Crippen LogP contribution is 2.38. The summed E-state index contributed by atoms with van der Waals surface area (Å²) in [4.78, 5) is 52.9. The van der Waals surface area contributed by atoms with Crippen molar-refractivity contribution in [3.8, 4) is 24.0 Å². The summed E-state index contributed by atoms with van der Waals surface area (Å²) < 4.78 is 23.7. The first kappa shape index (κ1) is 36.0. The number of terminal acetylenes is 1. The van der Waals surface area contributed by atoms with Gasteiger partial charge in [0.15, 0.2) is 0 Å². The van der Waals surface area contributed by atoms with Crippen molar-refractivity contribution in [3.63, 3.8) is 0 Å². The Morgan fingerprint density at radius 1 is 1.12 bits per heavy atom. The number of carbonyl (C=O) groups excluding carboxylic acids is 3. The van der Waals surface area contributed by atoms with Crippen molar-refractivity contribution < 1.29 is 33.3 Å². The molecule has 7 atom stereocenters. The van der Waals surface area contributed by atoms with Gasteiger partial charge in [-0.25, -0.2) is 19.6 Å². The maximum atomic E-state index is 14.5. The van der Waals surface area contributed by atoms with E-state index in [0.29, 0.717) is 28.9 Å². The van der Waals surface area contributed by atoms with Gasteiger partial charge >= 0.3 is 12.1 Å². The van der Waals surface area contributed by atoms with Crippen molar-refractivity contribution in [3.05, 3.63) is 30.0 Å². The number of carbonyl (C=O) groups is 3. The largest absolute Gasteiger partial charge is 0.497 e. The van der Waals surface area contributed by atoms with Gasteiger partial charge in [-0.05, 0) is 61.6 Å². The van der Waals surface area contributed by atoms with Crippen molar-refractivity contribution in [1.29, 1.82) is 0 Å². The van der Waals surface area contributed by atoms with Gasteiger partial charge in [0.25, 0.3) is 0 Å². The zero-order valence-electron chi connectivity index (χ0n) is 29.7. The minimum absolute atomic E-state index is 0.00135. The fraction of sp³-hybridized carbons (Fsp3) is 0.605. The summed E-state index contributed by atoms with van der Waals surface area (Å²) in [5, 5.41) is 2.87. The number of hydrogen-bond acceptors (Lipinski definition) is 9. The second-order valence-electron chi connectivity index (χ2n) is 15.0. The van der Waals surface area contributed by atoms with Crippen LogP contribution in [0.1, 0.15) is 79.3 Å². The third-order valence-corrected chi connectivity index (χ3v) is 9.80. The molecule has 1 N–H and O–H groups in total. The van der Waals surface area contributed by atoms with Crippen LogP contribution in [0, 0.1) is 41.4 Å². The predicted molar refractivity (Wildman–Crippen MR) is 186 cm³/mol. The molecule has 3 heterocycles. The molecule has 2 aromatic rings. The molecule has 1 aromatic carbocycles. The number of allylic oxidation sites excluding steroid dienone is 1. The molecule has 11 heteroatoms. The van der Waals surface area contributed by atoms with Crippen LogP contribution in [-0.2, 0) is 19.1 Å². The summed E-state index contributed by atoms with van der Waals surface area (Å²) >= 11 is 0. The zero-order chi connectivity index (χ0) is 35.5. The molecule has 0 radical (unpaired) electrons. The summed E-state index contributed by atoms with van der Waals surface area (Å²) in [5.74, 6) is 2.50. The number of ether oxygens (including phenoxy) is 4. The molecule has 1 aromatic heterocycles. The molecule has 264 valence electrons. The molecule has 2 aliphatic heterocycles. The van der Waals surface area contributed by atoms with Crippen LogP contribution in [0.25, 0.3) is 17.1 Å². The van der Waals surface area contributed by atoms with Gasteiger partial charge in [-0.1, -0.05) is 47.6 Å². The van der Waals surface area contributed by atoms with Gasteiger partial charge in [0.05, 0.1) is 31.3 Å². The first-order chi connectivity index (χ1) is 23.3. The van der Waals surface area contributed by atoms with Crippen LogP contribution >= 0.6 is 0 Å². The molecule has 1 aliphatic carbocycles. The van der Waals surface area contributed by atoms with Crippen LogP contribution in [0.15, 0.2) is 24.3 Å². The Morgan fingerprint density at radius 2 is 1.90 bits per heavy atom. The van der Waals surface area contributed by atoms with Crippen molar-refractivity contribution >= 4 is 35.1 Å². The molecule has 5 rings (SSSR count). The van der Waals surface area contributed by atoms with Crippen LogP contribution < -0.4 is 14.8 Å². The van der Waals surface area contributed by atoms with Gasteiger partial charge in [-0.3, -0.25) is 4.79 Å². The van der Waals surface area contributed by atoms with E-state index in [1.54, 1.807) is 13.2 Å². The van der Waals surface area contributed by atoms with Crippen molar-refractivity contribution in [2.75, 3.05) is 20.3 Å². The lowest BCUT2D eigenvalue weighted by molar-refractivity contribution is -0.156. The normalized spacial score (nSPS) is 28.6. The lowest BCUT2D eigenvalue weighted by Gasteiger charge is -2.35.